The number of aromatic nitrogens is 2. The minimum Gasteiger partial charge on any atom is -0.230 e. The van der Waals surface area contributed by atoms with E-state index in [1.54, 1.807) is 0 Å². The van der Waals surface area contributed by atoms with Crippen LogP contribution in [0.25, 0.3) is 0 Å². The van der Waals surface area contributed by atoms with E-state index in [-0.39, 0.29) is 0 Å². The normalized spacial score (nSPS) is 9.67. The number of hydrogen-bond donors (Lipinski definition) is 0. The first-order valence-electron chi connectivity index (χ1n) is 2.89. The molecule has 0 N–H and O–H groups in total. The fourth-order valence-corrected chi connectivity index (χ4v) is 0.605. The molecule has 0 aliphatic carbocycles. The molecule has 0 unspecified atom stereocenters. The summed E-state index contributed by atoms with van der Waals surface area (Å²) < 4.78 is 0. The maximum absolute atomic E-state index is 3.90. The molecule has 0 saturated carbocycles. The third-order valence-electron chi connectivity index (χ3n) is 1.52. The topological polar surface area (TPSA) is 25.8 Å². The van der Waals surface area contributed by atoms with E-state index in [1.165, 1.54) is 0 Å². The van der Waals surface area contributed by atoms with Crippen LogP contribution in [0.15, 0.2) is 0 Å². The van der Waals surface area contributed by atoms with Crippen LogP contribution in [0.2, 0.25) is 0 Å². The molecule has 1 aromatic heterocycles. The number of aryl methyl sites for hydroxylation is 2. The molecule has 0 atom stereocenters. The first-order valence-corrected chi connectivity index (χ1v) is 2.89. The van der Waals surface area contributed by atoms with E-state index in [2.05, 4.69) is 16.3 Å². The van der Waals surface area contributed by atoms with E-state index in [9.17, 15) is 0 Å². The molecule has 0 aliphatic rings. The largest absolute Gasteiger partial charge is 0.230 e. The van der Waals surface area contributed by atoms with Gasteiger partial charge in [0.15, 0.2) is 6.33 Å². The summed E-state index contributed by atoms with van der Waals surface area (Å²) in [5.41, 5.74) is 3.19. The van der Waals surface area contributed by atoms with Gasteiger partial charge in [0.2, 0.25) is 0 Å². The van der Waals surface area contributed by atoms with Gasteiger partial charge in [-0.2, -0.15) is 0 Å². The average Bonchev–Trinajstić information content (AvgIpc) is 1.83. The minimum atomic E-state index is 1.02. The standard InChI is InChI=1S/C7H9N2/c1-5-6(2)8-4-9-7(5)3/h1-3H3. The highest BCUT2D eigenvalue weighted by Gasteiger charge is 1.95. The zero-order valence-electron chi connectivity index (χ0n) is 5.89. The van der Waals surface area contributed by atoms with Crippen molar-refractivity contribution in [2.75, 3.05) is 0 Å². The SMILES string of the molecule is Cc1n[c]nc(C)c1C. The third kappa shape index (κ3) is 1.07. The predicted molar refractivity (Wildman–Crippen MR) is 35.1 cm³/mol. The molecule has 0 aliphatic heterocycles. The summed E-state index contributed by atoms with van der Waals surface area (Å²) >= 11 is 0. The quantitative estimate of drug-likeness (QED) is 0.515. The van der Waals surface area contributed by atoms with Crippen molar-refractivity contribution in [2.24, 2.45) is 0 Å². The van der Waals surface area contributed by atoms with Crippen LogP contribution in [0.1, 0.15) is 17.0 Å². The summed E-state index contributed by atoms with van der Waals surface area (Å²) in [7, 11) is 0. The van der Waals surface area contributed by atoms with Gasteiger partial charge in [0, 0.05) is 11.4 Å². The molecule has 0 spiro atoms. The van der Waals surface area contributed by atoms with Gasteiger partial charge in [-0.15, -0.1) is 0 Å². The zero-order valence-corrected chi connectivity index (χ0v) is 5.89. The van der Waals surface area contributed by atoms with Gasteiger partial charge in [-0.3, -0.25) is 0 Å². The highest BCUT2D eigenvalue weighted by molar-refractivity contribution is 5.19. The van der Waals surface area contributed by atoms with Gasteiger partial charge in [0.25, 0.3) is 0 Å². The summed E-state index contributed by atoms with van der Waals surface area (Å²) in [6.45, 7) is 5.93. The molecule has 0 amide bonds. The van der Waals surface area contributed by atoms with Crippen LogP contribution in [-0.2, 0) is 0 Å². The van der Waals surface area contributed by atoms with Crippen molar-refractivity contribution in [1.82, 2.24) is 9.97 Å². The molecule has 0 fully saturated rings. The lowest BCUT2D eigenvalue weighted by Gasteiger charge is -1.97. The zero-order chi connectivity index (χ0) is 6.85. The van der Waals surface area contributed by atoms with Gasteiger partial charge in [0.1, 0.15) is 0 Å². The number of hydrogen-bond acceptors (Lipinski definition) is 2. The highest BCUT2D eigenvalue weighted by atomic mass is 14.8. The van der Waals surface area contributed by atoms with Crippen molar-refractivity contribution in [3.05, 3.63) is 23.3 Å². The van der Waals surface area contributed by atoms with E-state index in [4.69, 9.17) is 0 Å². The van der Waals surface area contributed by atoms with Crippen molar-refractivity contribution < 1.29 is 0 Å². The second-order valence-corrected chi connectivity index (χ2v) is 2.12. The van der Waals surface area contributed by atoms with Crippen LogP contribution in [0.3, 0.4) is 0 Å². The Morgan fingerprint density at radius 3 is 1.78 bits per heavy atom. The molecule has 0 saturated heterocycles. The molecule has 0 bridgehead atoms. The number of nitrogens with zero attached hydrogens (tertiary/aromatic N) is 2. The Hall–Kier alpha value is -0.920. The van der Waals surface area contributed by atoms with Crippen molar-refractivity contribution >= 4 is 0 Å². The first kappa shape index (κ1) is 6.20. The van der Waals surface area contributed by atoms with Gasteiger partial charge < -0.3 is 0 Å². The van der Waals surface area contributed by atoms with Gasteiger partial charge in [-0.1, -0.05) is 0 Å². The summed E-state index contributed by atoms with van der Waals surface area (Å²) in [5.74, 6) is 0. The Morgan fingerprint density at radius 1 is 1.00 bits per heavy atom. The molecule has 2 heteroatoms. The molecular weight excluding hydrogens is 112 g/mol. The third-order valence-corrected chi connectivity index (χ3v) is 1.52. The molecule has 47 valence electrons. The summed E-state index contributed by atoms with van der Waals surface area (Å²) in [5, 5.41) is 0. The van der Waals surface area contributed by atoms with Gasteiger partial charge in [-0.25, -0.2) is 9.97 Å². The highest BCUT2D eigenvalue weighted by Crippen LogP contribution is 2.03. The minimum absolute atomic E-state index is 1.02. The van der Waals surface area contributed by atoms with Crippen LogP contribution >= 0.6 is 0 Å². The maximum atomic E-state index is 3.90. The summed E-state index contributed by atoms with van der Waals surface area (Å²) in [6.07, 6.45) is 2.57. The van der Waals surface area contributed by atoms with E-state index in [0.29, 0.717) is 0 Å². The second kappa shape index (κ2) is 2.13. The number of rotatable bonds is 0. The van der Waals surface area contributed by atoms with E-state index in [1.807, 2.05) is 20.8 Å². The Bertz CT molecular complexity index is 198. The molecular formula is C7H9N2. The van der Waals surface area contributed by atoms with Gasteiger partial charge >= 0.3 is 0 Å². The first-order chi connectivity index (χ1) is 4.22. The van der Waals surface area contributed by atoms with Crippen molar-refractivity contribution in [3.63, 3.8) is 0 Å². The van der Waals surface area contributed by atoms with E-state index < -0.39 is 0 Å². The van der Waals surface area contributed by atoms with Crippen LogP contribution in [-0.4, -0.2) is 9.97 Å². The second-order valence-electron chi connectivity index (χ2n) is 2.12. The lowest BCUT2D eigenvalue weighted by Crippen LogP contribution is -1.92. The van der Waals surface area contributed by atoms with Crippen LogP contribution in [0, 0.1) is 27.1 Å². The van der Waals surface area contributed by atoms with Gasteiger partial charge in [0.05, 0.1) is 0 Å². The van der Waals surface area contributed by atoms with E-state index >= 15 is 0 Å². The lowest BCUT2D eigenvalue weighted by molar-refractivity contribution is 1.00. The fourth-order valence-electron chi connectivity index (χ4n) is 0.605. The van der Waals surface area contributed by atoms with Gasteiger partial charge in [-0.05, 0) is 26.3 Å². The van der Waals surface area contributed by atoms with Crippen LogP contribution in [0.5, 0.6) is 0 Å². The molecule has 1 aromatic rings. The van der Waals surface area contributed by atoms with Crippen molar-refractivity contribution in [2.45, 2.75) is 20.8 Å². The molecule has 0 aromatic carbocycles. The monoisotopic (exact) mass is 121 g/mol. The Kier molecular flexibility index (Phi) is 1.47. The maximum Gasteiger partial charge on any atom is 0.198 e. The average molecular weight is 121 g/mol. The summed E-state index contributed by atoms with van der Waals surface area (Å²) in [4.78, 5) is 7.81. The molecule has 1 rings (SSSR count). The fraction of sp³-hybridized carbons (Fsp3) is 0.429. The molecule has 2 nitrogen and oxygen atoms in total. The van der Waals surface area contributed by atoms with Crippen molar-refractivity contribution in [1.29, 1.82) is 0 Å². The molecule has 1 radical (unpaired) electrons. The predicted octanol–water partition coefficient (Wildman–Crippen LogP) is 1.20. The van der Waals surface area contributed by atoms with Crippen molar-refractivity contribution in [3.8, 4) is 0 Å². The van der Waals surface area contributed by atoms with E-state index in [0.717, 1.165) is 17.0 Å². The van der Waals surface area contributed by atoms with Crippen LogP contribution in [0.4, 0.5) is 0 Å². The Labute approximate surface area is 55.0 Å². The Morgan fingerprint density at radius 2 is 1.44 bits per heavy atom. The molecule has 1 heterocycles. The Balaban J connectivity index is 3.25. The summed E-state index contributed by atoms with van der Waals surface area (Å²) in [6, 6.07) is 0. The smallest absolute Gasteiger partial charge is 0.198 e. The lowest BCUT2D eigenvalue weighted by atomic mass is 10.2. The van der Waals surface area contributed by atoms with Crippen LogP contribution < -0.4 is 0 Å². The molecule has 9 heavy (non-hydrogen) atoms.